The maximum absolute atomic E-state index is 12.5. The lowest BCUT2D eigenvalue weighted by molar-refractivity contribution is 0.214. The molecule has 3 aromatic rings. The number of hydrogen-bond acceptors (Lipinski definition) is 5. The van der Waals surface area contributed by atoms with Crippen LogP contribution >= 0.6 is 0 Å². The van der Waals surface area contributed by atoms with Gasteiger partial charge in [-0.15, -0.1) is 0 Å². The minimum atomic E-state index is -0.0657. The lowest BCUT2D eigenvalue weighted by atomic mass is 10.0. The molecule has 1 aromatic carbocycles. The van der Waals surface area contributed by atoms with Crippen molar-refractivity contribution < 1.29 is 0 Å². The summed E-state index contributed by atoms with van der Waals surface area (Å²) in [5.41, 5.74) is 5.82. The van der Waals surface area contributed by atoms with Crippen molar-refractivity contribution in [2.24, 2.45) is 0 Å². The lowest BCUT2D eigenvalue weighted by Crippen LogP contribution is -2.49. The van der Waals surface area contributed by atoms with Gasteiger partial charge in [0.05, 0.1) is 22.5 Å². The molecule has 156 valence electrons. The Morgan fingerprint density at radius 2 is 1.90 bits per heavy atom. The molecule has 1 aliphatic heterocycles. The van der Waals surface area contributed by atoms with Crippen LogP contribution < -0.4 is 10.5 Å². The van der Waals surface area contributed by atoms with E-state index in [1.807, 2.05) is 37.3 Å². The Balaban J connectivity index is 1.31. The van der Waals surface area contributed by atoms with Crippen molar-refractivity contribution in [3.8, 4) is 6.07 Å². The van der Waals surface area contributed by atoms with Gasteiger partial charge in [-0.25, -0.2) is 0 Å². The lowest BCUT2D eigenvalue weighted by Gasteiger charge is -2.38. The molecule has 1 fully saturated rings. The highest BCUT2D eigenvalue weighted by atomic mass is 16.1. The number of allylic oxidation sites excluding steroid dienone is 1. The number of aryl methyl sites for hydroxylation is 1. The Kier molecular flexibility index (Phi) is 5.05. The second-order valence-electron chi connectivity index (χ2n) is 8.33. The van der Waals surface area contributed by atoms with Crippen LogP contribution in [-0.2, 0) is 0 Å². The van der Waals surface area contributed by atoms with Gasteiger partial charge >= 0.3 is 0 Å². The molecule has 1 saturated heterocycles. The molecule has 0 radical (unpaired) electrons. The summed E-state index contributed by atoms with van der Waals surface area (Å²) in [5.74, 6) is 0. The van der Waals surface area contributed by atoms with Crippen LogP contribution in [-0.4, -0.2) is 47.1 Å². The maximum Gasteiger partial charge on any atom is 0.257 e. The third kappa shape index (κ3) is 3.62. The number of fused-ring (bicyclic) bond motifs is 1. The first kappa shape index (κ1) is 19.5. The van der Waals surface area contributed by atoms with Crippen LogP contribution in [0.3, 0.4) is 0 Å². The predicted octanol–water partition coefficient (Wildman–Crippen LogP) is 3.47. The Bertz CT molecular complexity index is 1240. The van der Waals surface area contributed by atoms with E-state index in [-0.39, 0.29) is 5.56 Å². The summed E-state index contributed by atoms with van der Waals surface area (Å²) < 4.78 is 0. The average molecular weight is 412 g/mol. The molecule has 1 atom stereocenters. The van der Waals surface area contributed by atoms with Gasteiger partial charge in [-0.2, -0.15) is 5.26 Å². The van der Waals surface area contributed by atoms with Crippen molar-refractivity contribution in [2.45, 2.75) is 25.8 Å². The van der Waals surface area contributed by atoms with Crippen molar-refractivity contribution >= 4 is 22.2 Å². The van der Waals surface area contributed by atoms with Crippen LogP contribution in [0.2, 0.25) is 0 Å². The molecule has 0 bridgehead atoms. The number of nitrogens with zero attached hydrogens (tertiary/aromatic N) is 4. The summed E-state index contributed by atoms with van der Waals surface area (Å²) in [7, 11) is 0. The number of pyridine rings is 2. The molecule has 0 spiro atoms. The molecule has 1 N–H and O–H groups in total. The minimum absolute atomic E-state index is 0.0657. The smallest absolute Gasteiger partial charge is 0.257 e. The van der Waals surface area contributed by atoms with E-state index in [1.54, 1.807) is 12.3 Å². The second kappa shape index (κ2) is 8.01. The molecule has 2 aliphatic rings. The fourth-order valence-corrected chi connectivity index (χ4v) is 4.86. The number of aromatic nitrogens is 2. The zero-order valence-electron chi connectivity index (χ0n) is 17.6. The highest BCUT2D eigenvalue weighted by Gasteiger charge is 2.27. The predicted molar refractivity (Wildman–Crippen MR) is 123 cm³/mol. The van der Waals surface area contributed by atoms with Crippen molar-refractivity contribution in [1.82, 2.24) is 14.9 Å². The van der Waals surface area contributed by atoms with Gasteiger partial charge in [0.1, 0.15) is 0 Å². The number of piperazine rings is 1. The van der Waals surface area contributed by atoms with Gasteiger partial charge in [-0.05, 0) is 67.3 Å². The van der Waals surface area contributed by atoms with Crippen molar-refractivity contribution in [1.29, 1.82) is 5.26 Å². The van der Waals surface area contributed by atoms with Gasteiger partial charge in [0.25, 0.3) is 5.56 Å². The Morgan fingerprint density at radius 3 is 2.65 bits per heavy atom. The zero-order valence-corrected chi connectivity index (χ0v) is 17.6. The van der Waals surface area contributed by atoms with Gasteiger partial charge in [0.15, 0.2) is 0 Å². The van der Waals surface area contributed by atoms with Crippen molar-refractivity contribution in [3.05, 3.63) is 75.8 Å². The fraction of sp³-hybridized carbons (Fsp3) is 0.320. The molecule has 5 rings (SSSR count). The number of nitrogens with one attached hydrogen (secondary N) is 1. The number of benzene rings is 1. The van der Waals surface area contributed by atoms with Crippen LogP contribution in [0.4, 0.5) is 5.69 Å². The van der Waals surface area contributed by atoms with Crippen LogP contribution in [0.15, 0.2) is 53.5 Å². The summed E-state index contributed by atoms with van der Waals surface area (Å²) in [4.78, 5) is 25.0. The van der Waals surface area contributed by atoms with E-state index in [0.29, 0.717) is 17.0 Å². The summed E-state index contributed by atoms with van der Waals surface area (Å²) in [5, 5.41) is 9.63. The zero-order chi connectivity index (χ0) is 21.4. The summed E-state index contributed by atoms with van der Waals surface area (Å²) in [6.07, 6.45) is 6.13. The minimum Gasteiger partial charge on any atom is -0.369 e. The van der Waals surface area contributed by atoms with E-state index in [0.717, 1.165) is 55.8 Å². The van der Waals surface area contributed by atoms with Gasteiger partial charge in [-0.3, -0.25) is 14.7 Å². The molecule has 1 aliphatic carbocycles. The SMILES string of the molecule is Cc1c(C2=C[C@@H](N3CCN(c4ccc(C#N)cc4)CC3)CC2)[nH]c(=O)c2cccnc12. The first-order valence-corrected chi connectivity index (χ1v) is 10.8. The number of H-pyrrole nitrogens is 1. The average Bonchev–Trinajstić information content (AvgIpc) is 3.32. The van der Waals surface area contributed by atoms with Crippen molar-refractivity contribution in [3.63, 3.8) is 0 Å². The van der Waals surface area contributed by atoms with E-state index in [1.165, 1.54) is 11.3 Å². The van der Waals surface area contributed by atoms with E-state index in [9.17, 15) is 4.79 Å². The highest BCUT2D eigenvalue weighted by molar-refractivity contribution is 5.85. The highest BCUT2D eigenvalue weighted by Crippen LogP contribution is 2.32. The number of rotatable bonds is 3. The van der Waals surface area contributed by atoms with Gasteiger partial charge in [0, 0.05) is 49.8 Å². The third-order valence-electron chi connectivity index (χ3n) is 6.59. The first-order valence-electron chi connectivity index (χ1n) is 10.8. The number of nitriles is 1. The number of hydrogen-bond donors (Lipinski definition) is 1. The Hall–Kier alpha value is -3.43. The molecular formula is C25H25N5O. The van der Waals surface area contributed by atoms with Gasteiger partial charge < -0.3 is 9.88 Å². The number of aromatic amines is 1. The van der Waals surface area contributed by atoms with Crippen molar-refractivity contribution in [2.75, 3.05) is 31.1 Å². The second-order valence-corrected chi connectivity index (χ2v) is 8.33. The maximum atomic E-state index is 12.5. The molecule has 2 aromatic heterocycles. The molecule has 3 heterocycles. The van der Waals surface area contributed by atoms with Gasteiger partial charge in [0.2, 0.25) is 0 Å². The van der Waals surface area contributed by atoms with Crippen LogP contribution in [0.1, 0.15) is 29.7 Å². The quantitative estimate of drug-likeness (QED) is 0.714. The van der Waals surface area contributed by atoms with Crippen LogP contribution in [0.25, 0.3) is 16.5 Å². The molecule has 6 heteroatoms. The molecule has 0 amide bonds. The summed E-state index contributed by atoms with van der Waals surface area (Å²) in [6, 6.07) is 14.1. The number of anilines is 1. The van der Waals surface area contributed by atoms with E-state index < -0.39 is 0 Å². The van der Waals surface area contributed by atoms with Gasteiger partial charge in [-0.1, -0.05) is 6.08 Å². The normalized spacial score (nSPS) is 19.4. The Morgan fingerprint density at radius 1 is 1.13 bits per heavy atom. The third-order valence-corrected chi connectivity index (χ3v) is 6.59. The standard InChI is InChI=1S/C25H25N5O/c1-17-23(28-25(31)22-3-2-10-27-24(17)22)19-6-9-21(15-19)30-13-11-29(12-14-30)20-7-4-18(16-26)5-8-20/h2-5,7-8,10,15,21H,6,9,11-14H2,1H3,(H,28,31)/t21-/m0/s1. The largest absolute Gasteiger partial charge is 0.369 e. The monoisotopic (exact) mass is 411 g/mol. The molecule has 6 nitrogen and oxygen atoms in total. The summed E-state index contributed by atoms with van der Waals surface area (Å²) >= 11 is 0. The first-order chi connectivity index (χ1) is 15.1. The Labute approximate surface area is 181 Å². The van der Waals surface area contributed by atoms with Crippen LogP contribution in [0.5, 0.6) is 0 Å². The fourth-order valence-electron chi connectivity index (χ4n) is 4.86. The molecule has 0 saturated carbocycles. The van der Waals surface area contributed by atoms with E-state index in [2.05, 4.69) is 31.9 Å². The molecular weight excluding hydrogens is 386 g/mol. The molecule has 31 heavy (non-hydrogen) atoms. The van der Waals surface area contributed by atoms with E-state index in [4.69, 9.17) is 5.26 Å². The van der Waals surface area contributed by atoms with E-state index >= 15 is 0 Å². The summed E-state index contributed by atoms with van der Waals surface area (Å²) in [6.45, 7) is 6.00. The molecule has 0 unspecified atom stereocenters. The van der Waals surface area contributed by atoms with Crippen LogP contribution in [0, 0.1) is 18.3 Å². The topological polar surface area (TPSA) is 76.0 Å².